The van der Waals surface area contributed by atoms with Crippen molar-refractivity contribution in [2.45, 2.75) is 64.9 Å². The Balaban J connectivity index is 1.94. The summed E-state index contributed by atoms with van der Waals surface area (Å²) in [6.45, 7) is 4.90. The van der Waals surface area contributed by atoms with E-state index < -0.39 is 0 Å². The van der Waals surface area contributed by atoms with Gasteiger partial charge in [0.05, 0.1) is 12.7 Å². The largest absolute Gasteiger partial charge is 0.493 e. The van der Waals surface area contributed by atoms with Crippen LogP contribution in [0.5, 0.6) is 5.75 Å². The van der Waals surface area contributed by atoms with Gasteiger partial charge in [0.1, 0.15) is 5.75 Å². The number of ether oxygens (including phenoxy) is 1. The van der Waals surface area contributed by atoms with Gasteiger partial charge in [0.25, 0.3) is 0 Å². The number of hydrogen-bond acceptors (Lipinski definition) is 2. The number of para-hydroxylation sites is 1. The highest BCUT2D eigenvalue weighted by atomic mass is 16.5. The number of aliphatic hydroxyl groups excluding tert-OH is 1. The van der Waals surface area contributed by atoms with Crippen molar-refractivity contribution < 1.29 is 9.84 Å². The van der Waals surface area contributed by atoms with Crippen molar-refractivity contribution in [3.05, 3.63) is 29.8 Å². The molecule has 1 aromatic rings. The Bertz CT molecular complexity index is 408. The molecule has 21 heavy (non-hydrogen) atoms. The third-order valence-electron chi connectivity index (χ3n) is 4.84. The predicted molar refractivity (Wildman–Crippen MR) is 87.5 cm³/mol. The Morgan fingerprint density at radius 2 is 1.86 bits per heavy atom. The third kappa shape index (κ3) is 4.47. The van der Waals surface area contributed by atoms with Crippen molar-refractivity contribution >= 4 is 0 Å². The Hall–Kier alpha value is -1.02. The van der Waals surface area contributed by atoms with Crippen molar-refractivity contribution in [3.63, 3.8) is 0 Å². The van der Waals surface area contributed by atoms with E-state index in [4.69, 9.17) is 4.74 Å². The molecule has 0 spiro atoms. The van der Waals surface area contributed by atoms with Crippen LogP contribution in [-0.2, 0) is 0 Å². The zero-order valence-corrected chi connectivity index (χ0v) is 13.6. The van der Waals surface area contributed by atoms with E-state index in [1.54, 1.807) is 0 Å². The number of hydrogen-bond donors (Lipinski definition) is 1. The second-order valence-electron chi connectivity index (χ2n) is 6.34. The highest BCUT2D eigenvalue weighted by molar-refractivity contribution is 5.35. The number of benzene rings is 1. The molecule has 0 radical (unpaired) electrons. The first-order valence-corrected chi connectivity index (χ1v) is 8.66. The van der Waals surface area contributed by atoms with Crippen LogP contribution in [0.1, 0.15) is 70.5 Å². The zero-order valence-electron chi connectivity index (χ0n) is 13.6. The van der Waals surface area contributed by atoms with Gasteiger partial charge in [-0.2, -0.15) is 0 Å². The van der Waals surface area contributed by atoms with Crippen LogP contribution in [0.15, 0.2) is 24.3 Å². The van der Waals surface area contributed by atoms with Crippen molar-refractivity contribution in [2.24, 2.45) is 11.8 Å². The fraction of sp³-hybridized carbons (Fsp3) is 0.684. The summed E-state index contributed by atoms with van der Waals surface area (Å²) in [5, 5.41) is 10.7. The fourth-order valence-corrected chi connectivity index (χ4v) is 3.55. The fourth-order valence-electron chi connectivity index (χ4n) is 3.55. The number of aliphatic hydroxyl groups is 1. The normalized spacial score (nSPS) is 23.8. The van der Waals surface area contributed by atoms with Crippen molar-refractivity contribution in [1.29, 1.82) is 0 Å². The maximum absolute atomic E-state index is 10.7. The molecule has 118 valence electrons. The van der Waals surface area contributed by atoms with E-state index in [0.717, 1.165) is 30.1 Å². The maximum Gasteiger partial charge on any atom is 0.125 e. The molecular formula is C19H30O2. The molecule has 2 nitrogen and oxygen atoms in total. The molecule has 1 aromatic carbocycles. The van der Waals surface area contributed by atoms with Crippen LogP contribution in [-0.4, -0.2) is 11.7 Å². The summed E-state index contributed by atoms with van der Waals surface area (Å²) in [5.41, 5.74) is 0.969. The molecule has 0 heterocycles. The molecule has 2 heteroatoms. The lowest BCUT2D eigenvalue weighted by Gasteiger charge is -2.32. The lowest BCUT2D eigenvalue weighted by atomic mass is 9.76. The third-order valence-corrected chi connectivity index (χ3v) is 4.84. The van der Waals surface area contributed by atoms with E-state index in [1.165, 1.54) is 32.1 Å². The van der Waals surface area contributed by atoms with Crippen LogP contribution in [0.2, 0.25) is 0 Å². The van der Waals surface area contributed by atoms with Gasteiger partial charge in [-0.05, 0) is 37.7 Å². The Kier molecular flexibility index (Phi) is 6.56. The van der Waals surface area contributed by atoms with E-state index >= 15 is 0 Å². The zero-order chi connectivity index (χ0) is 15.1. The Morgan fingerprint density at radius 1 is 1.14 bits per heavy atom. The molecule has 1 aliphatic carbocycles. The molecule has 0 bridgehead atoms. The van der Waals surface area contributed by atoms with E-state index in [1.807, 2.05) is 31.2 Å². The highest BCUT2D eigenvalue weighted by Gasteiger charge is 2.28. The van der Waals surface area contributed by atoms with Gasteiger partial charge in [0.15, 0.2) is 0 Å². The monoisotopic (exact) mass is 290 g/mol. The average molecular weight is 290 g/mol. The molecule has 0 saturated heterocycles. The predicted octanol–water partition coefficient (Wildman–Crippen LogP) is 5.12. The van der Waals surface area contributed by atoms with Crippen molar-refractivity contribution in [2.75, 3.05) is 6.61 Å². The molecule has 0 amide bonds. The van der Waals surface area contributed by atoms with E-state index in [-0.39, 0.29) is 6.10 Å². The van der Waals surface area contributed by atoms with Crippen LogP contribution >= 0.6 is 0 Å². The van der Waals surface area contributed by atoms with Gasteiger partial charge in [0, 0.05) is 5.56 Å². The van der Waals surface area contributed by atoms with Gasteiger partial charge < -0.3 is 9.84 Å². The van der Waals surface area contributed by atoms with Gasteiger partial charge in [-0.25, -0.2) is 0 Å². The van der Waals surface area contributed by atoms with Crippen LogP contribution in [0.4, 0.5) is 0 Å². The van der Waals surface area contributed by atoms with Crippen molar-refractivity contribution in [3.8, 4) is 5.75 Å². The average Bonchev–Trinajstić information content (AvgIpc) is 2.53. The second kappa shape index (κ2) is 8.43. The summed E-state index contributed by atoms with van der Waals surface area (Å²) in [7, 11) is 0. The highest BCUT2D eigenvalue weighted by Crippen LogP contribution is 2.40. The van der Waals surface area contributed by atoms with Crippen LogP contribution < -0.4 is 4.74 Å². The summed E-state index contributed by atoms with van der Waals surface area (Å²) in [6, 6.07) is 7.95. The quantitative estimate of drug-likeness (QED) is 0.755. The van der Waals surface area contributed by atoms with Gasteiger partial charge in [-0.3, -0.25) is 0 Å². The first-order chi connectivity index (χ1) is 10.3. The molecule has 1 atom stereocenters. The number of unbranched alkanes of at least 4 members (excludes halogenated alkanes) is 1. The minimum Gasteiger partial charge on any atom is -0.493 e. The van der Waals surface area contributed by atoms with E-state index in [9.17, 15) is 5.11 Å². The summed E-state index contributed by atoms with van der Waals surface area (Å²) in [5.74, 6) is 2.13. The molecule has 1 aliphatic rings. The molecule has 2 rings (SSSR count). The summed E-state index contributed by atoms with van der Waals surface area (Å²) < 4.78 is 5.66. The molecule has 1 unspecified atom stereocenters. The Morgan fingerprint density at radius 3 is 2.52 bits per heavy atom. The van der Waals surface area contributed by atoms with E-state index in [2.05, 4.69) is 6.92 Å². The SMILES string of the molecule is CCCCC1CCC(C(O)c2ccccc2OCC)CC1. The molecule has 1 saturated carbocycles. The minimum absolute atomic E-state index is 0.375. The van der Waals surface area contributed by atoms with Crippen molar-refractivity contribution in [1.82, 2.24) is 0 Å². The minimum atomic E-state index is -0.375. The topological polar surface area (TPSA) is 29.5 Å². The van der Waals surface area contributed by atoms with Crippen LogP contribution in [0.25, 0.3) is 0 Å². The van der Waals surface area contributed by atoms with Gasteiger partial charge in [-0.1, -0.05) is 57.2 Å². The molecule has 0 aromatic heterocycles. The maximum atomic E-state index is 10.7. The first-order valence-electron chi connectivity index (χ1n) is 8.66. The molecule has 1 fully saturated rings. The van der Waals surface area contributed by atoms with E-state index in [0.29, 0.717) is 12.5 Å². The van der Waals surface area contributed by atoms with Gasteiger partial charge >= 0.3 is 0 Å². The summed E-state index contributed by atoms with van der Waals surface area (Å²) in [4.78, 5) is 0. The molecular weight excluding hydrogens is 260 g/mol. The molecule has 0 aliphatic heterocycles. The summed E-state index contributed by atoms with van der Waals surface area (Å²) in [6.07, 6.45) is 8.49. The smallest absolute Gasteiger partial charge is 0.125 e. The first kappa shape index (κ1) is 16.4. The second-order valence-corrected chi connectivity index (χ2v) is 6.34. The Labute approximate surface area is 129 Å². The number of rotatable bonds is 7. The van der Waals surface area contributed by atoms with Gasteiger partial charge in [-0.15, -0.1) is 0 Å². The standard InChI is InChI=1S/C19H30O2/c1-3-5-8-15-11-13-16(14-12-15)19(20)17-9-6-7-10-18(17)21-4-2/h6-7,9-10,15-16,19-20H,3-5,8,11-14H2,1-2H3. The van der Waals surface area contributed by atoms with Crippen LogP contribution in [0, 0.1) is 11.8 Å². The lowest BCUT2D eigenvalue weighted by molar-refractivity contribution is 0.0695. The molecule has 1 N–H and O–H groups in total. The summed E-state index contributed by atoms with van der Waals surface area (Å²) >= 11 is 0. The lowest BCUT2D eigenvalue weighted by Crippen LogP contribution is -2.21. The van der Waals surface area contributed by atoms with Crippen LogP contribution in [0.3, 0.4) is 0 Å². The van der Waals surface area contributed by atoms with Gasteiger partial charge in [0.2, 0.25) is 0 Å².